The smallest absolute Gasteiger partial charge is 1.00 e. The zero-order chi connectivity index (χ0) is 26.7. The largest absolute Gasteiger partial charge is 1.00 e. The van der Waals surface area contributed by atoms with E-state index in [2.05, 4.69) is 125 Å². The molecule has 1 unspecified atom stereocenters. The first-order valence-corrected chi connectivity index (χ1v) is 19.8. The Labute approximate surface area is 264 Å². The second kappa shape index (κ2) is 11.9. The van der Waals surface area contributed by atoms with Gasteiger partial charge in [-0.2, -0.15) is 0 Å². The summed E-state index contributed by atoms with van der Waals surface area (Å²) in [6.07, 6.45) is 2.10. The Morgan fingerprint density at radius 2 is 1.32 bits per heavy atom. The molecule has 205 valence electrons. The van der Waals surface area contributed by atoms with Crippen LogP contribution in [0.1, 0.15) is 66.7 Å². The van der Waals surface area contributed by atoms with Crippen LogP contribution >= 0.6 is 0 Å². The molecule has 4 aromatic rings. The Kier molecular flexibility index (Phi) is 9.35. The van der Waals surface area contributed by atoms with Crippen LogP contribution < -0.4 is 24.8 Å². The van der Waals surface area contributed by atoms with Crippen LogP contribution in [-0.4, -0.2) is 11.5 Å². The van der Waals surface area contributed by atoms with E-state index >= 15 is 0 Å². The molecule has 0 aromatic heterocycles. The molecule has 1 atom stereocenters. The SMILES string of the molecule is CCC(O[Si](C)(C)C)c1ccc2c(c1[C]1([Zr+2]=[C](C)C)c3ccccc3-c3ccccc31)Cc1ccccc1-2.[Cl-].[Cl-]. The van der Waals surface area contributed by atoms with Gasteiger partial charge in [-0.05, 0) is 0 Å². The predicted molar refractivity (Wildman–Crippen MR) is 160 cm³/mol. The predicted octanol–water partition coefficient (Wildman–Crippen LogP) is 3.14. The van der Waals surface area contributed by atoms with Crippen molar-refractivity contribution in [2.75, 3.05) is 0 Å². The summed E-state index contributed by atoms with van der Waals surface area (Å²) in [6.45, 7) is 14.0. The molecule has 2 aliphatic carbocycles. The Morgan fingerprint density at radius 1 is 0.775 bits per heavy atom. The topological polar surface area (TPSA) is 9.23 Å². The Morgan fingerprint density at radius 3 is 1.88 bits per heavy atom. The summed E-state index contributed by atoms with van der Waals surface area (Å²) in [5.74, 6) is 0. The number of fused-ring (bicyclic) bond motifs is 6. The van der Waals surface area contributed by atoms with E-state index < -0.39 is 31.1 Å². The zero-order valence-electron chi connectivity index (χ0n) is 24.2. The van der Waals surface area contributed by atoms with Gasteiger partial charge in [0.1, 0.15) is 0 Å². The van der Waals surface area contributed by atoms with Crippen LogP contribution in [0.3, 0.4) is 0 Å². The molecule has 0 fully saturated rings. The molecule has 5 heteroatoms. The average Bonchev–Trinajstić information content (AvgIpc) is 3.40. The quantitative estimate of drug-likeness (QED) is 0.254. The summed E-state index contributed by atoms with van der Waals surface area (Å²) in [6, 6.07) is 32.4. The molecule has 6 rings (SSSR count). The van der Waals surface area contributed by atoms with Crippen molar-refractivity contribution in [3.05, 3.63) is 118 Å². The van der Waals surface area contributed by atoms with E-state index in [4.69, 9.17) is 4.43 Å². The Hall–Kier alpha value is -1.61. The van der Waals surface area contributed by atoms with Crippen molar-refractivity contribution in [1.82, 2.24) is 0 Å². The van der Waals surface area contributed by atoms with Crippen molar-refractivity contribution in [3.63, 3.8) is 0 Å². The van der Waals surface area contributed by atoms with Crippen LogP contribution in [0.15, 0.2) is 84.9 Å². The fourth-order valence-electron chi connectivity index (χ4n) is 6.81. The second-order valence-electron chi connectivity index (χ2n) is 12.0. The molecule has 0 aliphatic heterocycles. The molecule has 0 bridgehead atoms. The van der Waals surface area contributed by atoms with Crippen molar-refractivity contribution in [3.8, 4) is 22.3 Å². The summed E-state index contributed by atoms with van der Waals surface area (Å²) in [4.78, 5) is 0. The summed E-state index contributed by atoms with van der Waals surface area (Å²) in [7, 11) is -1.77. The molecule has 0 radical (unpaired) electrons. The molecular weight excluding hydrogens is 627 g/mol. The van der Waals surface area contributed by atoms with Gasteiger partial charge in [-0.25, -0.2) is 0 Å². The maximum atomic E-state index is 6.99. The molecule has 0 heterocycles. The number of halogens is 2. The molecule has 0 saturated heterocycles. The van der Waals surface area contributed by atoms with Crippen molar-refractivity contribution in [1.29, 1.82) is 0 Å². The van der Waals surface area contributed by atoms with Crippen LogP contribution in [-0.2, 0) is 36.7 Å². The minimum Gasteiger partial charge on any atom is -1.00 e. The van der Waals surface area contributed by atoms with Gasteiger partial charge >= 0.3 is 242 Å². The van der Waals surface area contributed by atoms with Crippen molar-refractivity contribution in [2.24, 2.45) is 0 Å². The van der Waals surface area contributed by atoms with E-state index in [9.17, 15) is 0 Å². The van der Waals surface area contributed by atoms with Gasteiger partial charge in [0.25, 0.3) is 0 Å². The van der Waals surface area contributed by atoms with Crippen molar-refractivity contribution < 1.29 is 52.0 Å². The molecule has 4 aromatic carbocycles. The van der Waals surface area contributed by atoms with Gasteiger partial charge in [0.2, 0.25) is 0 Å². The summed E-state index contributed by atoms with van der Waals surface area (Å²) >= 11 is -1.12. The number of rotatable bonds is 6. The molecule has 0 spiro atoms. The minimum absolute atomic E-state index is 0. The molecule has 1 nitrogen and oxygen atoms in total. The third-order valence-corrected chi connectivity index (χ3v) is 13.1. The number of hydrogen-bond acceptors (Lipinski definition) is 1. The van der Waals surface area contributed by atoms with Crippen LogP contribution in [0.2, 0.25) is 19.6 Å². The molecular formula is C35H37Cl2OSiZr. The van der Waals surface area contributed by atoms with E-state index in [0.717, 1.165) is 12.8 Å². The third kappa shape index (κ3) is 5.12. The second-order valence-corrected chi connectivity index (χ2v) is 21.4. The normalized spacial score (nSPS) is 14.4. The molecule has 40 heavy (non-hydrogen) atoms. The van der Waals surface area contributed by atoms with Gasteiger partial charge in [-0.1, -0.05) is 0 Å². The number of benzene rings is 4. The first-order valence-electron chi connectivity index (χ1n) is 13.9. The Bertz CT molecular complexity index is 1540. The van der Waals surface area contributed by atoms with Gasteiger partial charge in [0.15, 0.2) is 0 Å². The van der Waals surface area contributed by atoms with Crippen molar-refractivity contribution in [2.45, 2.75) is 62.5 Å². The summed E-state index contributed by atoms with van der Waals surface area (Å²) in [5.41, 5.74) is 14.7. The fraction of sp³-hybridized carbons (Fsp3) is 0.286. The first kappa shape index (κ1) is 31.3. The minimum atomic E-state index is -1.77. The van der Waals surface area contributed by atoms with Gasteiger partial charge < -0.3 is 24.8 Å². The van der Waals surface area contributed by atoms with Gasteiger partial charge in [-0.3, -0.25) is 0 Å². The first-order chi connectivity index (χ1) is 18.2. The van der Waals surface area contributed by atoms with E-state index in [-0.39, 0.29) is 34.0 Å². The summed E-state index contributed by atoms with van der Waals surface area (Å²) in [5, 5.41) is 0. The van der Waals surface area contributed by atoms with Crippen LogP contribution in [0.4, 0.5) is 0 Å². The van der Waals surface area contributed by atoms with Gasteiger partial charge in [-0.15, -0.1) is 0 Å². The molecule has 0 amide bonds. The van der Waals surface area contributed by atoms with E-state index in [0.29, 0.717) is 0 Å². The molecule has 2 aliphatic rings. The van der Waals surface area contributed by atoms with Gasteiger partial charge in [0, 0.05) is 0 Å². The maximum Gasteiger partial charge on any atom is -1.00 e. The van der Waals surface area contributed by atoms with E-state index in [1.165, 1.54) is 50.1 Å². The van der Waals surface area contributed by atoms with Crippen LogP contribution in [0, 0.1) is 0 Å². The van der Waals surface area contributed by atoms with E-state index in [1.54, 1.807) is 8.77 Å². The average molecular weight is 664 g/mol. The zero-order valence-corrected chi connectivity index (χ0v) is 29.2. The summed E-state index contributed by atoms with van der Waals surface area (Å²) < 4.78 is 8.54. The Balaban J connectivity index is 0.00000185. The standard InChI is InChI=1S/C32H31OSi.C3H6.2ClH.Zr/c1-5-30(33-34(2,3)4)28-19-18-25-22-13-7-6-12-21(22)20-29(25)32(28)31-26-16-10-8-14-23(26)24-15-9-11-17-27(24)31;1-3-2;;;/h6-19,30H,5,20H2,1-4H3;1-2H3;2*1H;/q;;;;+2/p-2. The van der Waals surface area contributed by atoms with Crippen LogP contribution in [0.5, 0.6) is 0 Å². The fourth-order valence-corrected chi connectivity index (χ4v) is 12.6. The third-order valence-electron chi connectivity index (χ3n) is 8.00. The maximum absolute atomic E-state index is 6.99. The number of hydrogen-bond donors (Lipinski definition) is 0. The van der Waals surface area contributed by atoms with Gasteiger partial charge in [0.05, 0.1) is 0 Å². The van der Waals surface area contributed by atoms with E-state index in [1.807, 2.05) is 0 Å². The molecule has 0 saturated carbocycles. The van der Waals surface area contributed by atoms with Crippen molar-refractivity contribution >= 4 is 11.5 Å². The monoisotopic (exact) mass is 661 g/mol. The molecule has 0 N–H and O–H groups in total. The van der Waals surface area contributed by atoms with Crippen LogP contribution in [0.25, 0.3) is 22.3 Å².